The van der Waals surface area contributed by atoms with Gasteiger partial charge in [0.05, 0.1) is 10.4 Å². The van der Waals surface area contributed by atoms with Crippen LogP contribution < -0.4 is 5.32 Å². The second kappa shape index (κ2) is 5.73. The molecule has 0 bridgehead atoms. The highest BCUT2D eigenvalue weighted by atomic mass is 79.9. The molecule has 1 aliphatic rings. The SMILES string of the molecule is O=C(Nc1ccc(Br)cn1)C1(c2cncc(Cl)c2)CCC1. The van der Waals surface area contributed by atoms with Gasteiger partial charge >= 0.3 is 0 Å². The maximum Gasteiger partial charge on any atom is 0.236 e. The molecule has 1 aliphatic carbocycles. The fourth-order valence-electron chi connectivity index (χ4n) is 2.54. The van der Waals surface area contributed by atoms with Gasteiger partial charge in [0.1, 0.15) is 5.82 Å². The van der Waals surface area contributed by atoms with Gasteiger partial charge in [0.25, 0.3) is 0 Å². The van der Waals surface area contributed by atoms with E-state index in [9.17, 15) is 4.79 Å². The predicted molar refractivity (Wildman–Crippen MR) is 85.3 cm³/mol. The number of carbonyl (C=O) groups excluding carboxylic acids is 1. The Balaban J connectivity index is 1.85. The molecule has 108 valence electrons. The number of anilines is 1. The summed E-state index contributed by atoms with van der Waals surface area (Å²) in [6, 6.07) is 5.43. The molecule has 2 heterocycles. The molecule has 0 atom stereocenters. The number of halogens is 2. The minimum absolute atomic E-state index is 0.0485. The number of nitrogens with zero attached hydrogens (tertiary/aromatic N) is 2. The largest absolute Gasteiger partial charge is 0.310 e. The lowest BCUT2D eigenvalue weighted by Gasteiger charge is -2.40. The average Bonchev–Trinajstić information content (AvgIpc) is 2.40. The first-order valence-corrected chi connectivity index (χ1v) is 7.81. The fourth-order valence-corrected chi connectivity index (χ4v) is 2.94. The maximum absolute atomic E-state index is 12.7. The number of pyridine rings is 2. The second-order valence-electron chi connectivity index (χ2n) is 5.14. The van der Waals surface area contributed by atoms with E-state index in [1.54, 1.807) is 24.7 Å². The molecule has 1 N–H and O–H groups in total. The van der Waals surface area contributed by atoms with Gasteiger partial charge in [-0.2, -0.15) is 0 Å². The minimum atomic E-state index is -0.535. The summed E-state index contributed by atoms with van der Waals surface area (Å²) >= 11 is 9.33. The lowest BCUT2D eigenvalue weighted by Crippen LogP contribution is -2.46. The van der Waals surface area contributed by atoms with Crippen LogP contribution in [-0.4, -0.2) is 15.9 Å². The molecule has 2 aromatic heterocycles. The van der Waals surface area contributed by atoms with Crippen LogP contribution in [0.3, 0.4) is 0 Å². The number of nitrogens with one attached hydrogen (secondary N) is 1. The van der Waals surface area contributed by atoms with E-state index in [0.29, 0.717) is 10.8 Å². The van der Waals surface area contributed by atoms with Crippen molar-refractivity contribution in [3.8, 4) is 0 Å². The Morgan fingerprint density at radius 3 is 2.67 bits per heavy atom. The zero-order valence-electron chi connectivity index (χ0n) is 11.1. The van der Waals surface area contributed by atoms with Gasteiger partial charge in [0.2, 0.25) is 5.91 Å². The van der Waals surface area contributed by atoms with Gasteiger partial charge in [-0.05, 0) is 52.5 Å². The number of hydrogen-bond acceptors (Lipinski definition) is 3. The van der Waals surface area contributed by atoms with Crippen molar-refractivity contribution in [3.63, 3.8) is 0 Å². The molecule has 4 nitrogen and oxygen atoms in total. The Morgan fingerprint density at radius 1 is 1.29 bits per heavy atom. The summed E-state index contributed by atoms with van der Waals surface area (Å²) in [5, 5.41) is 3.44. The molecule has 6 heteroatoms. The summed E-state index contributed by atoms with van der Waals surface area (Å²) in [7, 11) is 0. The third kappa shape index (κ3) is 2.80. The van der Waals surface area contributed by atoms with Crippen molar-refractivity contribution in [1.82, 2.24) is 9.97 Å². The molecule has 21 heavy (non-hydrogen) atoms. The van der Waals surface area contributed by atoms with Gasteiger partial charge in [-0.3, -0.25) is 9.78 Å². The zero-order chi connectivity index (χ0) is 14.9. The molecular formula is C15H13BrClN3O. The fraction of sp³-hybridized carbons (Fsp3) is 0.267. The van der Waals surface area contributed by atoms with Crippen LogP contribution >= 0.6 is 27.5 Å². The van der Waals surface area contributed by atoms with E-state index in [0.717, 1.165) is 29.3 Å². The van der Waals surface area contributed by atoms with Crippen LogP contribution in [0.25, 0.3) is 0 Å². The Kier molecular flexibility index (Phi) is 3.95. The first-order valence-electron chi connectivity index (χ1n) is 6.64. The topological polar surface area (TPSA) is 54.9 Å². The van der Waals surface area contributed by atoms with Crippen molar-refractivity contribution >= 4 is 39.3 Å². The lowest BCUT2D eigenvalue weighted by molar-refractivity contribution is -0.124. The van der Waals surface area contributed by atoms with Crippen LogP contribution in [0.15, 0.2) is 41.3 Å². The van der Waals surface area contributed by atoms with Gasteiger partial charge in [0.15, 0.2) is 0 Å². The van der Waals surface area contributed by atoms with Crippen molar-refractivity contribution in [2.24, 2.45) is 0 Å². The Labute approximate surface area is 136 Å². The molecule has 0 aliphatic heterocycles. The van der Waals surface area contributed by atoms with Crippen molar-refractivity contribution in [3.05, 3.63) is 51.8 Å². The summed E-state index contributed by atoms with van der Waals surface area (Å²) in [5.74, 6) is 0.497. The number of aromatic nitrogens is 2. The monoisotopic (exact) mass is 365 g/mol. The van der Waals surface area contributed by atoms with Crippen molar-refractivity contribution in [1.29, 1.82) is 0 Å². The maximum atomic E-state index is 12.7. The second-order valence-corrected chi connectivity index (χ2v) is 6.50. The van der Waals surface area contributed by atoms with Gasteiger partial charge in [-0.25, -0.2) is 4.98 Å². The molecule has 0 aromatic carbocycles. The third-order valence-electron chi connectivity index (χ3n) is 3.87. The first kappa shape index (κ1) is 14.5. The highest BCUT2D eigenvalue weighted by Gasteiger charge is 2.46. The Morgan fingerprint density at radius 2 is 2.10 bits per heavy atom. The highest BCUT2D eigenvalue weighted by Crippen LogP contribution is 2.44. The summed E-state index contributed by atoms with van der Waals surface area (Å²) in [6.45, 7) is 0. The lowest BCUT2D eigenvalue weighted by atomic mass is 9.64. The quantitative estimate of drug-likeness (QED) is 0.895. The zero-order valence-corrected chi connectivity index (χ0v) is 13.5. The van der Waals surface area contributed by atoms with Gasteiger partial charge in [0, 0.05) is 23.1 Å². The molecule has 0 unspecified atom stereocenters. The predicted octanol–water partition coefficient (Wildman–Crippen LogP) is 3.95. The van der Waals surface area contributed by atoms with Crippen LogP contribution in [-0.2, 0) is 10.2 Å². The molecule has 0 saturated heterocycles. The average molecular weight is 367 g/mol. The summed E-state index contributed by atoms with van der Waals surface area (Å²) < 4.78 is 0.873. The summed E-state index contributed by atoms with van der Waals surface area (Å²) in [5.41, 5.74) is 0.336. The number of amides is 1. The smallest absolute Gasteiger partial charge is 0.236 e. The molecular weight excluding hydrogens is 354 g/mol. The van der Waals surface area contributed by atoms with Crippen LogP contribution in [0.4, 0.5) is 5.82 Å². The van der Waals surface area contributed by atoms with E-state index < -0.39 is 5.41 Å². The molecule has 2 aromatic rings. The van der Waals surface area contributed by atoms with Crippen LogP contribution in [0, 0.1) is 0 Å². The van der Waals surface area contributed by atoms with Crippen molar-refractivity contribution in [2.45, 2.75) is 24.7 Å². The summed E-state index contributed by atoms with van der Waals surface area (Å²) in [6.07, 6.45) is 7.58. The molecule has 0 spiro atoms. The molecule has 1 saturated carbocycles. The standard InChI is InChI=1S/C15H13BrClN3O/c16-11-2-3-13(19-8-11)20-14(21)15(4-1-5-15)10-6-12(17)9-18-7-10/h2-3,6-9H,1,4-5H2,(H,19,20,21). The summed E-state index contributed by atoms with van der Waals surface area (Å²) in [4.78, 5) is 21.0. The van der Waals surface area contributed by atoms with E-state index in [1.807, 2.05) is 12.1 Å². The molecule has 1 fully saturated rings. The first-order chi connectivity index (χ1) is 10.1. The number of rotatable bonds is 3. The van der Waals surface area contributed by atoms with Gasteiger partial charge in [-0.1, -0.05) is 18.0 Å². The Bertz CT molecular complexity index is 671. The van der Waals surface area contributed by atoms with E-state index in [-0.39, 0.29) is 5.91 Å². The van der Waals surface area contributed by atoms with Crippen molar-refractivity contribution in [2.75, 3.05) is 5.32 Å². The molecule has 1 amide bonds. The number of carbonyl (C=O) groups is 1. The van der Waals surface area contributed by atoms with E-state index in [2.05, 4.69) is 31.2 Å². The molecule has 3 rings (SSSR count). The minimum Gasteiger partial charge on any atom is -0.310 e. The number of hydrogen-bond donors (Lipinski definition) is 1. The third-order valence-corrected chi connectivity index (χ3v) is 4.54. The van der Waals surface area contributed by atoms with Crippen LogP contribution in [0.2, 0.25) is 5.02 Å². The van der Waals surface area contributed by atoms with E-state index in [1.165, 1.54) is 0 Å². The van der Waals surface area contributed by atoms with Crippen LogP contribution in [0.1, 0.15) is 24.8 Å². The van der Waals surface area contributed by atoms with Gasteiger partial charge < -0.3 is 5.32 Å². The highest BCUT2D eigenvalue weighted by molar-refractivity contribution is 9.10. The van der Waals surface area contributed by atoms with Crippen LogP contribution in [0.5, 0.6) is 0 Å². The Hall–Kier alpha value is -1.46. The van der Waals surface area contributed by atoms with E-state index >= 15 is 0 Å². The normalized spacial score (nSPS) is 16.1. The van der Waals surface area contributed by atoms with Gasteiger partial charge in [-0.15, -0.1) is 0 Å². The van der Waals surface area contributed by atoms with E-state index in [4.69, 9.17) is 11.6 Å². The van der Waals surface area contributed by atoms with Crippen molar-refractivity contribution < 1.29 is 4.79 Å². The molecule has 0 radical (unpaired) electrons.